The molecule has 8 heteroatoms. The van der Waals surface area contributed by atoms with Crippen LogP contribution >= 0.6 is 12.2 Å². The zero-order chi connectivity index (χ0) is 21.9. The van der Waals surface area contributed by atoms with Crippen LogP contribution in [0.25, 0.3) is 10.8 Å². The van der Waals surface area contributed by atoms with Crippen molar-refractivity contribution in [2.45, 2.75) is 26.4 Å². The zero-order valence-electron chi connectivity index (χ0n) is 16.9. The molecule has 0 atom stereocenters. The van der Waals surface area contributed by atoms with Gasteiger partial charge in [0.25, 0.3) is 5.91 Å². The van der Waals surface area contributed by atoms with E-state index < -0.39 is 17.5 Å². The number of fused-ring (bicyclic) bond motifs is 1. The van der Waals surface area contributed by atoms with Gasteiger partial charge >= 0.3 is 5.97 Å². The number of anilines is 1. The summed E-state index contributed by atoms with van der Waals surface area (Å²) in [4.78, 5) is 24.6. The molecule has 0 aliphatic heterocycles. The average molecular weight is 426 g/mol. The standard InChI is InChI=1S/C22H22N2O5S/c1-22(2,3)29-18(25)12-27-16-7-5-15(6-8-16)24-21(26)19-17-9-4-13(20(23)30)10-14(17)11-28-19/h4-11H,12H2,1-3H3,(H2,23,30)(H,24,26). The first-order valence-corrected chi connectivity index (χ1v) is 9.60. The quantitative estimate of drug-likeness (QED) is 0.453. The summed E-state index contributed by atoms with van der Waals surface area (Å²) in [6.07, 6.45) is 1.49. The highest BCUT2D eigenvalue weighted by Gasteiger charge is 2.17. The van der Waals surface area contributed by atoms with Gasteiger partial charge < -0.3 is 24.9 Å². The summed E-state index contributed by atoms with van der Waals surface area (Å²) in [5.74, 6) is -0.184. The van der Waals surface area contributed by atoms with Crippen molar-refractivity contribution in [2.75, 3.05) is 11.9 Å². The van der Waals surface area contributed by atoms with E-state index in [2.05, 4.69) is 5.32 Å². The molecule has 3 aromatic rings. The van der Waals surface area contributed by atoms with Crippen molar-refractivity contribution in [3.8, 4) is 5.75 Å². The van der Waals surface area contributed by atoms with Crippen molar-refractivity contribution in [3.05, 3.63) is 60.1 Å². The Labute approximate surface area is 179 Å². The summed E-state index contributed by atoms with van der Waals surface area (Å²) in [5, 5.41) is 4.16. The Hall–Kier alpha value is -3.39. The summed E-state index contributed by atoms with van der Waals surface area (Å²) in [6.45, 7) is 5.17. The molecular weight excluding hydrogens is 404 g/mol. The monoisotopic (exact) mass is 426 g/mol. The number of carbonyl (C=O) groups excluding carboxylic acids is 2. The minimum absolute atomic E-state index is 0.185. The number of hydrogen-bond acceptors (Lipinski definition) is 6. The van der Waals surface area contributed by atoms with Crippen LogP contribution in [0.15, 0.2) is 53.1 Å². The SMILES string of the molecule is CC(C)(C)OC(=O)COc1ccc(NC(=O)c2occ3cc(C(N)=S)ccc23)cc1. The van der Waals surface area contributed by atoms with E-state index in [0.29, 0.717) is 22.4 Å². The Morgan fingerprint density at radius 3 is 2.47 bits per heavy atom. The fourth-order valence-corrected chi connectivity index (χ4v) is 2.84. The number of nitrogens with two attached hydrogens (primary N) is 1. The molecule has 1 aromatic heterocycles. The highest BCUT2D eigenvalue weighted by Crippen LogP contribution is 2.24. The van der Waals surface area contributed by atoms with E-state index in [4.69, 9.17) is 31.8 Å². The number of carbonyl (C=O) groups is 2. The van der Waals surface area contributed by atoms with Crippen LogP contribution in [-0.4, -0.2) is 29.1 Å². The summed E-state index contributed by atoms with van der Waals surface area (Å²) < 4.78 is 16.0. The molecule has 0 radical (unpaired) electrons. The first-order chi connectivity index (χ1) is 14.1. The maximum absolute atomic E-state index is 12.6. The first-order valence-electron chi connectivity index (χ1n) is 9.19. The van der Waals surface area contributed by atoms with E-state index in [1.54, 1.807) is 63.2 Å². The molecule has 0 spiro atoms. The second-order valence-electron chi connectivity index (χ2n) is 7.58. The third-order valence-corrected chi connectivity index (χ3v) is 4.22. The number of furan rings is 1. The van der Waals surface area contributed by atoms with Gasteiger partial charge in [-0.25, -0.2) is 4.79 Å². The normalized spacial score (nSPS) is 11.2. The molecule has 156 valence electrons. The topological polar surface area (TPSA) is 104 Å². The fourth-order valence-electron chi connectivity index (χ4n) is 2.72. The second kappa shape index (κ2) is 8.54. The van der Waals surface area contributed by atoms with Crippen molar-refractivity contribution in [2.24, 2.45) is 5.73 Å². The maximum Gasteiger partial charge on any atom is 0.344 e. The van der Waals surface area contributed by atoms with Gasteiger partial charge in [-0.05, 0) is 57.2 Å². The van der Waals surface area contributed by atoms with E-state index in [0.717, 1.165) is 5.39 Å². The van der Waals surface area contributed by atoms with E-state index in [-0.39, 0.29) is 17.4 Å². The Morgan fingerprint density at radius 2 is 1.83 bits per heavy atom. The number of thiocarbonyl (C=S) groups is 1. The van der Waals surface area contributed by atoms with Gasteiger partial charge in [-0.1, -0.05) is 18.3 Å². The Kier molecular flexibility index (Phi) is 6.07. The summed E-state index contributed by atoms with van der Waals surface area (Å²) in [6, 6.07) is 11.9. The van der Waals surface area contributed by atoms with Crippen LogP contribution in [0.4, 0.5) is 5.69 Å². The lowest BCUT2D eigenvalue weighted by molar-refractivity contribution is -0.157. The highest BCUT2D eigenvalue weighted by molar-refractivity contribution is 7.80. The first kappa shape index (κ1) is 21.3. The molecular formula is C22H22N2O5S. The van der Waals surface area contributed by atoms with Crippen molar-refractivity contribution in [3.63, 3.8) is 0 Å². The molecule has 0 aliphatic rings. The second-order valence-corrected chi connectivity index (χ2v) is 8.02. The van der Waals surface area contributed by atoms with Gasteiger partial charge in [0.05, 0.1) is 6.26 Å². The molecule has 0 saturated heterocycles. The Morgan fingerprint density at radius 1 is 1.13 bits per heavy atom. The molecule has 0 unspecified atom stereocenters. The maximum atomic E-state index is 12.6. The molecule has 7 nitrogen and oxygen atoms in total. The number of ether oxygens (including phenoxy) is 2. The van der Waals surface area contributed by atoms with Crippen LogP contribution in [0.5, 0.6) is 5.75 Å². The molecule has 3 N–H and O–H groups in total. The summed E-state index contributed by atoms with van der Waals surface area (Å²) in [5.41, 5.74) is 6.32. The summed E-state index contributed by atoms with van der Waals surface area (Å²) in [7, 11) is 0. The molecule has 30 heavy (non-hydrogen) atoms. The predicted molar refractivity (Wildman–Crippen MR) is 118 cm³/mol. The molecule has 1 amide bonds. The van der Waals surface area contributed by atoms with Crippen LogP contribution in [0.1, 0.15) is 36.9 Å². The Bertz CT molecular complexity index is 1100. The number of esters is 1. The van der Waals surface area contributed by atoms with Gasteiger partial charge in [0, 0.05) is 22.0 Å². The van der Waals surface area contributed by atoms with Gasteiger partial charge in [0.1, 0.15) is 16.3 Å². The summed E-state index contributed by atoms with van der Waals surface area (Å²) >= 11 is 4.97. The van der Waals surface area contributed by atoms with Crippen LogP contribution in [0.3, 0.4) is 0 Å². The smallest absolute Gasteiger partial charge is 0.344 e. The van der Waals surface area contributed by atoms with Crippen LogP contribution < -0.4 is 15.8 Å². The molecule has 0 bridgehead atoms. The third-order valence-electron chi connectivity index (χ3n) is 3.98. The van der Waals surface area contributed by atoms with E-state index in [9.17, 15) is 9.59 Å². The number of hydrogen-bond donors (Lipinski definition) is 2. The number of nitrogens with one attached hydrogen (secondary N) is 1. The third kappa shape index (κ3) is 5.36. The average Bonchev–Trinajstić information content (AvgIpc) is 3.09. The minimum Gasteiger partial charge on any atom is -0.482 e. The largest absolute Gasteiger partial charge is 0.482 e. The fraction of sp³-hybridized carbons (Fsp3) is 0.227. The molecule has 3 rings (SSSR count). The predicted octanol–water partition coefficient (Wildman–Crippen LogP) is 4.04. The van der Waals surface area contributed by atoms with Gasteiger partial charge in [-0.15, -0.1) is 0 Å². The lowest BCUT2D eigenvalue weighted by Gasteiger charge is -2.19. The van der Waals surface area contributed by atoms with Crippen molar-refractivity contribution < 1.29 is 23.5 Å². The molecule has 2 aromatic carbocycles. The van der Waals surface area contributed by atoms with Gasteiger partial charge in [-0.2, -0.15) is 0 Å². The number of rotatable bonds is 6. The van der Waals surface area contributed by atoms with Crippen LogP contribution in [0, 0.1) is 0 Å². The van der Waals surface area contributed by atoms with E-state index >= 15 is 0 Å². The molecule has 0 aliphatic carbocycles. The van der Waals surface area contributed by atoms with Gasteiger partial charge in [-0.3, -0.25) is 4.79 Å². The van der Waals surface area contributed by atoms with E-state index in [1.807, 2.05) is 0 Å². The van der Waals surface area contributed by atoms with Crippen molar-refractivity contribution >= 4 is 45.5 Å². The minimum atomic E-state index is -0.567. The molecule has 1 heterocycles. The lowest BCUT2D eigenvalue weighted by atomic mass is 10.1. The highest BCUT2D eigenvalue weighted by atomic mass is 32.1. The molecule has 0 fully saturated rings. The number of amides is 1. The van der Waals surface area contributed by atoms with Crippen molar-refractivity contribution in [1.29, 1.82) is 0 Å². The van der Waals surface area contributed by atoms with E-state index in [1.165, 1.54) is 6.26 Å². The van der Waals surface area contributed by atoms with Crippen LogP contribution in [-0.2, 0) is 9.53 Å². The van der Waals surface area contributed by atoms with Crippen molar-refractivity contribution in [1.82, 2.24) is 0 Å². The Balaban J connectivity index is 1.63. The van der Waals surface area contributed by atoms with Crippen LogP contribution in [0.2, 0.25) is 0 Å². The van der Waals surface area contributed by atoms with Gasteiger partial charge in [0.2, 0.25) is 0 Å². The zero-order valence-corrected chi connectivity index (χ0v) is 17.7. The molecule has 0 saturated carbocycles. The number of benzene rings is 2. The van der Waals surface area contributed by atoms with Gasteiger partial charge in [0.15, 0.2) is 12.4 Å². The lowest BCUT2D eigenvalue weighted by Crippen LogP contribution is -2.27.